The number of methoxy groups -OCH3 is 1. The van der Waals surface area contributed by atoms with Crippen molar-refractivity contribution in [1.82, 2.24) is 9.97 Å². The molecule has 0 aliphatic rings. The van der Waals surface area contributed by atoms with Gasteiger partial charge in [-0.3, -0.25) is 0 Å². The summed E-state index contributed by atoms with van der Waals surface area (Å²) < 4.78 is 11.4. The number of anilines is 1. The Bertz CT molecular complexity index is 1280. The molecule has 0 radical (unpaired) electrons. The highest BCUT2D eigenvalue weighted by Gasteiger charge is 2.13. The number of hydrogen-bond donors (Lipinski definition) is 2. The van der Waals surface area contributed by atoms with Crippen molar-refractivity contribution >= 4 is 34.4 Å². The van der Waals surface area contributed by atoms with Crippen molar-refractivity contribution in [3.05, 3.63) is 76.8 Å². The van der Waals surface area contributed by atoms with E-state index in [0.717, 1.165) is 16.5 Å². The lowest BCUT2D eigenvalue weighted by atomic mass is 10.1. The summed E-state index contributed by atoms with van der Waals surface area (Å²) in [5.41, 5.74) is 9.02. The molecule has 0 aliphatic carbocycles. The van der Waals surface area contributed by atoms with Gasteiger partial charge in [0.25, 0.3) is 0 Å². The van der Waals surface area contributed by atoms with Crippen LogP contribution in [0, 0.1) is 0 Å². The molecular weight excluding hydrogens is 418 g/mol. The molecule has 156 valence electrons. The van der Waals surface area contributed by atoms with Crippen molar-refractivity contribution in [3.8, 4) is 22.8 Å². The number of nitrogen functional groups attached to an aromatic ring is 1. The van der Waals surface area contributed by atoms with Gasteiger partial charge in [0.15, 0.2) is 11.5 Å². The molecule has 0 atom stereocenters. The quantitative estimate of drug-likeness (QED) is 0.447. The van der Waals surface area contributed by atoms with E-state index in [4.69, 9.17) is 31.9 Å². The van der Waals surface area contributed by atoms with E-state index in [-0.39, 0.29) is 18.1 Å². The smallest absolute Gasteiger partial charge is 0.335 e. The van der Waals surface area contributed by atoms with E-state index in [9.17, 15) is 4.79 Å². The monoisotopic (exact) mass is 435 g/mol. The van der Waals surface area contributed by atoms with Crippen LogP contribution in [0.1, 0.15) is 15.9 Å². The summed E-state index contributed by atoms with van der Waals surface area (Å²) in [5, 5.41) is 10.4. The van der Waals surface area contributed by atoms with E-state index >= 15 is 0 Å². The summed E-state index contributed by atoms with van der Waals surface area (Å²) in [5.74, 6) is 0.241. The van der Waals surface area contributed by atoms with Crippen LogP contribution in [0.2, 0.25) is 5.02 Å². The van der Waals surface area contributed by atoms with Gasteiger partial charge >= 0.3 is 5.97 Å². The summed E-state index contributed by atoms with van der Waals surface area (Å²) >= 11 is 6.18. The topological polar surface area (TPSA) is 108 Å². The van der Waals surface area contributed by atoms with Gasteiger partial charge in [0.1, 0.15) is 6.61 Å². The highest BCUT2D eigenvalue weighted by Crippen LogP contribution is 2.35. The molecule has 31 heavy (non-hydrogen) atoms. The molecule has 0 unspecified atom stereocenters. The molecule has 3 N–H and O–H groups in total. The standard InChI is InChI=1S/C23H18ClN3O4/c1-30-19-9-6-15(21-17-11-16(24)7-8-18(17)26-23(25)27-21)10-20(19)31-12-13-2-4-14(5-3-13)22(28)29/h2-11H,12H2,1H3,(H,28,29)(H2,25,26,27). The molecule has 8 heteroatoms. The normalized spacial score (nSPS) is 10.8. The first-order chi connectivity index (χ1) is 14.9. The Hall–Kier alpha value is -3.84. The van der Waals surface area contributed by atoms with Crippen LogP contribution in [0.15, 0.2) is 60.7 Å². The average Bonchev–Trinajstić information content (AvgIpc) is 2.77. The zero-order chi connectivity index (χ0) is 22.0. The number of rotatable bonds is 6. The minimum absolute atomic E-state index is 0.154. The molecule has 0 amide bonds. The molecule has 3 aromatic carbocycles. The first-order valence-corrected chi connectivity index (χ1v) is 9.68. The Morgan fingerprint density at radius 3 is 2.52 bits per heavy atom. The second kappa shape index (κ2) is 8.49. The number of halogens is 1. The van der Waals surface area contributed by atoms with Gasteiger partial charge in [0.2, 0.25) is 5.95 Å². The number of nitrogens with two attached hydrogens (primary N) is 1. The second-order valence-corrected chi connectivity index (χ2v) is 7.18. The van der Waals surface area contributed by atoms with Crippen molar-refractivity contribution < 1.29 is 19.4 Å². The lowest BCUT2D eigenvalue weighted by Crippen LogP contribution is -2.01. The molecular formula is C23H18ClN3O4. The van der Waals surface area contributed by atoms with Gasteiger partial charge in [-0.15, -0.1) is 0 Å². The van der Waals surface area contributed by atoms with Crippen LogP contribution in [0.25, 0.3) is 22.2 Å². The molecule has 0 saturated heterocycles. The SMILES string of the molecule is COc1ccc(-c2nc(N)nc3ccc(Cl)cc23)cc1OCc1ccc(C(=O)O)cc1. The molecule has 1 heterocycles. The minimum Gasteiger partial charge on any atom is -0.493 e. The zero-order valence-electron chi connectivity index (χ0n) is 16.5. The fourth-order valence-electron chi connectivity index (χ4n) is 3.18. The number of aromatic carboxylic acids is 1. The van der Waals surface area contributed by atoms with E-state index in [0.29, 0.717) is 27.7 Å². The molecule has 1 aromatic heterocycles. The summed E-state index contributed by atoms with van der Waals surface area (Å²) in [7, 11) is 1.56. The third-order valence-electron chi connectivity index (χ3n) is 4.71. The first-order valence-electron chi connectivity index (χ1n) is 9.31. The van der Waals surface area contributed by atoms with Crippen LogP contribution < -0.4 is 15.2 Å². The van der Waals surface area contributed by atoms with Crippen molar-refractivity contribution in [2.75, 3.05) is 12.8 Å². The average molecular weight is 436 g/mol. The van der Waals surface area contributed by atoms with Crippen molar-refractivity contribution in [1.29, 1.82) is 0 Å². The predicted molar refractivity (Wildman–Crippen MR) is 119 cm³/mol. The number of hydrogen-bond acceptors (Lipinski definition) is 6. The van der Waals surface area contributed by atoms with Gasteiger partial charge in [-0.05, 0) is 54.1 Å². The predicted octanol–water partition coefficient (Wildman–Crippen LogP) is 4.82. The molecule has 0 spiro atoms. The number of ether oxygens (including phenoxy) is 2. The third-order valence-corrected chi connectivity index (χ3v) is 4.94. The van der Waals surface area contributed by atoms with E-state index in [1.54, 1.807) is 43.5 Å². The summed E-state index contributed by atoms with van der Waals surface area (Å²) in [6.45, 7) is 0.234. The lowest BCUT2D eigenvalue weighted by Gasteiger charge is -2.14. The molecule has 4 rings (SSSR count). The first kappa shape index (κ1) is 20.4. The number of carbonyl (C=O) groups is 1. The van der Waals surface area contributed by atoms with Crippen molar-refractivity contribution in [3.63, 3.8) is 0 Å². The number of nitrogens with zero attached hydrogens (tertiary/aromatic N) is 2. The molecule has 0 bridgehead atoms. The van der Waals surface area contributed by atoms with Gasteiger partial charge in [-0.1, -0.05) is 23.7 Å². The Morgan fingerprint density at radius 1 is 1.03 bits per heavy atom. The minimum atomic E-state index is -0.974. The highest BCUT2D eigenvalue weighted by molar-refractivity contribution is 6.31. The Balaban J connectivity index is 1.69. The highest BCUT2D eigenvalue weighted by atomic mass is 35.5. The van der Waals surface area contributed by atoms with Gasteiger partial charge in [0.05, 0.1) is 23.9 Å². The number of fused-ring (bicyclic) bond motifs is 1. The fourth-order valence-corrected chi connectivity index (χ4v) is 3.35. The maximum atomic E-state index is 11.0. The Kier molecular flexibility index (Phi) is 5.60. The maximum Gasteiger partial charge on any atom is 0.335 e. The number of carboxylic acid groups (broad SMARTS) is 1. The van der Waals surface area contributed by atoms with Crippen molar-refractivity contribution in [2.45, 2.75) is 6.61 Å². The van der Waals surface area contributed by atoms with E-state index < -0.39 is 5.97 Å². The number of carboxylic acids is 1. The van der Waals surface area contributed by atoms with Crippen LogP contribution in [0.3, 0.4) is 0 Å². The third kappa shape index (κ3) is 4.36. The fraction of sp³-hybridized carbons (Fsp3) is 0.0870. The van der Waals surface area contributed by atoms with Crippen LogP contribution in [-0.4, -0.2) is 28.2 Å². The van der Waals surface area contributed by atoms with Gasteiger partial charge in [0, 0.05) is 16.0 Å². The van der Waals surface area contributed by atoms with Crippen molar-refractivity contribution in [2.24, 2.45) is 0 Å². The van der Waals surface area contributed by atoms with Gasteiger partial charge < -0.3 is 20.3 Å². The van der Waals surface area contributed by atoms with Crippen LogP contribution in [0.5, 0.6) is 11.5 Å². The van der Waals surface area contributed by atoms with Crippen LogP contribution in [0.4, 0.5) is 5.95 Å². The summed E-state index contributed by atoms with van der Waals surface area (Å²) in [4.78, 5) is 19.7. The van der Waals surface area contributed by atoms with E-state index in [1.165, 1.54) is 12.1 Å². The molecule has 4 aromatic rings. The summed E-state index contributed by atoms with van der Waals surface area (Å²) in [6.07, 6.45) is 0. The van der Waals surface area contributed by atoms with Gasteiger partial charge in [-0.2, -0.15) is 0 Å². The summed E-state index contributed by atoms with van der Waals surface area (Å²) in [6, 6.07) is 17.3. The molecule has 0 saturated carbocycles. The zero-order valence-corrected chi connectivity index (χ0v) is 17.3. The molecule has 7 nitrogen and oxygen atoms in total. The van der Waals surface area contributed by atoms with E-state index in [1.807, 2.05) is 12.1 Å². The second-order valence-electron chi connectivity index (χ2n) is 6.75. The largest absolute Gasteiger partial charge is 0.493 e. The Morgan fingerprint density at radius 2 is 1.81 bits per heavy atom. The Labute approximate surface area is 183 Å². The maximum absolute atomic E-state index is 11.0. The lowest BCUT2D eigenvalue weighted by molar-refractivity contribution is 0.0697. The van der Waals surface area contributed by atoms with E-state index in [2.05, 4.69) is 9.97 Å². The molecule has 0 fully saturated rings. The number of aromatic nitrogens is 2. The number of benzene rings is 3. The van der Waals surface area contributed by atoms with Crippen LogP contribution in [-0.2, 0) is 6.61 Å². The van der Waals surface area contributed by atoms with Gasteiger partial charge in [-0.25, -0.2) is 14.8 Å². The van der Waals surface area contributed by atoms with Crippen LogP contribution >= 0.6 is 11.6 Å². The molecule has 0 aliphatic heterocycles.